The quantitative estimate of drug-likeness (QED) is 0.496. The van der Waals surface area contributed by atoms with Crippen molar-refractivity contribution >= 4 is 15.9 Å². The molecule has 64 valence electrons. The van der Waals surface area contributed by atoms with Crippen LogP contribution in [0.25, 0.3) is 0 Å². The topological polar surface area (TPSA) is 0 Å². The molecule has 0 amide bonds. The van der Waals surface area contributed by atoms with Crippen molar-refractivity contribution in [1.29, 1.82) is 0 Å². The fourth-order valence-corrected chi connectivity index (χ4v) is 2.43. The summed E-state index contributed by atoms with van der Waals surface area (Å²) in [4.78, 5) is 0. The highest BCUT2D eigenvalue weighted by molar-refractivity contribution is 9.09. The molecule has 1 atom stereocenters. The lowest BCUT2D eigenvalue weighted by molar-refractivity contribution is 0.449. The Morgan fingerprint density at radius 2 is 2.09 bits per heavy atom. The predicted molar refractivity (Wildman–Crippen MR) is 54.1 cm³/mol. The van der Waals surface area contributed by atoms with Crippen LogP contribution in [0.1, 0.15) is 32.1 Å². The molecule has 0 spiro atoms. The van der Waals surface area contributed by atoms with E-state index in [-0.39, 0.29) is 0 Å². The molecule has 1 aliphatic rings. The summed E-state index contributed by atoms with van der Waals surface area (Å²) in [5, 5.41) is 1.09. The van der Waals surface area contributed by atoms with Gasteiger partial charge in [-0.15, -0.1) is 6.58 Å². The van der Waals surface area contributed by atoms with Crippen LogP contribution in [0, 0.1) is 11.8 Å². The molecule has 1 unspecified atom stereocenters. The van der Waals surface area contributed by atoms with Crippen LogP contribution in [0.5, 0.6) is 0 Å². The van der Waals surface area contributed by atoms with Crippen LogP contribution in [0.2, 0.25) is 0 Å². The Morgan fingerprint density at radius 1 is 1.45 bits per heavy atom. The van der Waals surface area contributed by atoms with Gasteiger partial charge >= 0.3 is 0 Å². The molecule has 0 aliphatic heterocycles. The molecule has 0 aromatic rings. The van der Waals surface area contributed by atoms with E-state index in [4.69, 9.17) is 0 Å². The van der Waals surface area contributed by atoms with E-state index in [0.29, 0.717) is 5.92 Å². The molecular weight excluding hydrogens is 200 g/mol. The molecule has 1 heteroatoms. The molecule has 0 aromatic heterocycles. The molecule has 0 aromatic carbocycles. The maximum absolute atomic E-state index is 3.84. The smallest absolute Gasteiger partial charge is 0.00943 e. The van der Waals surface area contributed by atoms with Crippen molar-refractivity contribution in [2.75, 3.05) is 5.33 Å². The number of hydrogen-bond donors (Lipinski definition) is 0. The van der Waals surface area contributed by atoms with Crippen molar-refractivity contribution in [1.82, 2.24) is 0 Å². The van der Waals surface area contributed by atoms with Crippen molar-refractivity contribution in [3.63, 3.8) is 0 Å². The summed E-state index contributed by atoms with van der Waals surface area (Å²) in [5.74, 6) is 1.70. The zero-order valence-electron chi connectivity index (χ0n) is 7.06. The minimum Gasteiger partial charge on any atom is -0.103 e. The third kappa shape index (κ3) is 2.98. The maximum atomic E-state index is 3.84. The molecule has 0 saturated heterocycles. The van der Waals surface area contributed by atoms with Gasteiger partial charge in [0, 0.05) is 5.33 Å². The van der Waals surface area contributed by atoms with E-state index in [1.54, 1.807) is 0 Å². The second-order valence-corrected chi connectivity index (χ2v) is 4.18. The predicted octanol–water partition coefficient (Wildman–Crippen LogP) is 3.76. The standard InChI is InChI=1S/C10H17Br/c1-2-9(8-11)7-10-5-3-4-6-10/h2,9-10H,1,3-8H2. The van der Waals surface area contributed by atoms with Gasteiger partial charge in [0.05, 0.1) is 0 Å². The number of halogens is 1. The minimum absolute atomic E-state index is 0.707. The van der Waals surface area contributed by atoms with Crippen molar-refractivity contribution in [2.24, 2.45) is 11.8 Å². The van der Waals surface area contributed by atoms with Gasteiger partial charge in [0.2, 0.25) is 0 Å². The molecule has 1 rings (SSSR count). The van der Waals surface area contributed by atoms with Gasteiger partial charge in [-0.3, -0.25) is 0 Å². The van der Waals surface area contributed by atoms with E-state index >= 15 is 0 Å². The van der Waals surface area contributed by atoms with Gasteiger partial charge in [-0.05, 0) is 18.3 Å². The monoisotopic (exact) mass is 216 g/mol. The summed E-state index contributed by atoms with van der Waals surface area (Å²) in [6, 6.07) is 0. The maximum Gasteiger partial charge on any atom is 0.00943 e. The van der Waals surface area contributed by atoms with Gasteiger partial charge in [0.15, 0.2) is 0 Å². The second-order valence-electron chi connectivity index (χ2n) is 3.54. The second kappa shape index (κ2) is 4.97. The number of hydrogen-bond acceptors (Lipinski definition) is 0. The molecule has 0 heterocycles. The van der Waals surface area contributed by atoms with Crippen molar-refractivity contribution in [3.8, 4) is 0 Å². The van der Waals surface area contributed by atoms with Gasteiger partial charge in [-0.1, -0.05) is 47.7 Å². The van der Waals surface area contributed by atoms with Crippen LogP contribution in [0.15, 0.2) is 12.7 Å². The van der Waals surface area contributed by atoms with Crippen LogP contribution in [0.3, 0.4) is 0 Å². The van der Waals surface area contributed by atoms with Gasteiger partial charge in [-0.2, -0.15) is 0 Å². The Bertz CT molecular complexity index is 114. The third-order valence-electron chi connectivity index (χ3n) is 2.64. The fraction of sp³-hybridized carbons (Fsp3) is 0.800. The van der Waals surface area contributed by atoms with Gasteiger partial charge in [-0.25, -0.2) is 0 Å². The molecule has 0 bridgehead atoms. The lowest BCUT2D eigenvalue weighted by Crippen LogP contribution is -2.04. The molecule has 0 radical (unpaired) electrons. The summed E-state index contributed by atoms with van der Waals surface area (Å²) in [6.07, 6.45) is 9.27. The molecule has 0 N–H and O–H groups in total. The van der Waals surface area contributed by atoms with E-state index in [0.717, 1.165) is 11.2 Å². The Kier molecular flexibility index (Phi) is 4.21. The summed E-state index contributed by atoms with van der Waals surface area (Å²) >= 11 is 3.51. The Morgan fingerprint density at radius 3 is 2.55 bits per heavy atom. The molecule has 0 nitrogen and oxygen atoms in total. The highest BCUT2D eigenvalue weighted by atomic mass is 79.9. The highest BCUT2D eigenvalue weighted by Crippen LogP contribution is 2.30. The zero-order valence-corrected chi connectivity index (χ0v) is 8.65. The van der Waals surface area contributed by atoms with E-state index in [9.17, 15) is 0 Å². The SMILES string of the molecule is C=CC(CBr)CC1CCCC1. The first kappa shape index (κ1) is 9.31. The molecule has 11 heavy (non-hydrogen) atoms. The number of allylic oxidation sites excluding steroid dienone is 1. The Labute approximate surface area is 78.2 Å². The first-order chi connectivity index (χ1) is 5.36. The highest BCUT2D eigenvalue weighted by Gasteiger charge is 2.17. The van der Waals surface area contributed by atoms with Gasteiger partial charge in [0.25, 0.3) is 0 Å². The normalized spacial score (nSPS) is 21.9. The zero-order chi connectivity index (χ0) is 8.10. The van der Waals surface area contributed by atoms with Crippen molar-refractivity contribution < 1.29 is 0 Å². The summed E-state index contributed by atoms with van der Waals surface area (Å²) in [5.41, 5.74) is 0. The number of alkyl halides is 1. The average Bonchev–Trinajstić information content (AvgIpc) is 2.52. The Balaban J connectivity index is 2.21. The van der Waals surface area contributed by atoms with Gasteiger partial charge < -0.3 is 0 Å². The largest absolute Gasteiger partial charge is 0.103 e. The van der Waals surface area contributed by atoms with Crippen LogP contribution in [-0.4, -0.2) is 5.33 Å². The van der Waals surface area contributed by atoms with E-state index in [1.165, 1.54) is 32.1 Å². The van der Waals surface area contributed by atoms with Crippen molar-refractivity contribution in [2.45, 2.75) is 32.1 Å². The van der Waals surface area contributed by atoms with E-state index in [2.05, 4.69) is 28.6 Å². The summed E-state index contributed by atoms with van der Waals surface area (Å²) in [6.45, 7) is 3.84. The van der Waals surface area contributed by atoms with Crippen LogP contribution in [0.4, 0.5) is 0 Å². The third-order valence-corrected chi connectivity index (χ3v) is 3.47. The average molecular weight is 217 g/mol. The molecule has 1 fully saturated rings. The van der Waals surface area contributed by atoms with Crippen LogP contribution < -0.4 is 0 Å². The Hall–Kier alpha value is 0.220. The number of rotatable bonds is 4. The minimum atomic E-state index is 0.707. The molecule has 1 saturated carbocycles. The molecular formula is C10H17Br. The first-order valence-electron chi connectivity index (χ1n) is 4.55. The lowest BCUT2D eigenvalue weighted by Gasteiger charge is -2.13. The van der Waals surface area contributed by atoms with E-state index < -0.39 is 0 Å². The summed E-state index contributed by atoms with van der Waals surface area (Å²) < 4.78 is 0. The van der Waals surface area contributed by atoms with Crippen LogP contribution in [-0.2, 0) is 0 Å². The van der Waals surface area contributed by atoms with Gasteiger partial charge in [0.1, 0.15) is 0 Å². The first-order valence-corrected chi connectivity index (χ1v) is 5.67. The van der Waals surface area contributed by atoms with E-state index in [1.807, 2.05) is 0 Å². The summed E-state index contributed by atoms with van der Waals surface area (Å²) in [7, 11) is 0. The lowest BCUT2D eigenvalue weighted by atomic mass is 9.95. The fourth-order valence-electron chi connectivity index (χ4n) is 1.90. The molecule has 1 aliphatic carbocycles. The van der Waals surface area contributed by atoms with Crippen LogP contribution >= 0.6 is 15.9 Å². The van der Waals surface area contributed by atoms with Crippen molar-refractivity contribution in [3.05, 3.63) is 12.7 Å².